The summed E-state index contributed by atoms with van der Waals surface area (Å²) in [5.41, 5.74) is 2.24. The van der Waals surface area contributed by atoms with E-state index in [1.54, 1.807) is 6.07 Å². The van der Waals surface area contributed by atoms with E-state index in [1.165, 1.54) is 6.42 Å². The smallest absolute Gasteiger partial charge is 0.336 e. The predicted octanol–water partition coefficient (Wildman–Crippen LogP) is 5.36. The number of hydrogen-bond donors (Lipinski definition) is 0. The summed E-state index contributed by atoms with van der Waals surface area (Å²) in [6, 6.07) is 3.47. The number of Topliss-reactive ketones (excluding diaryl/α,β-unsaturated/α-hetero) is 1. The van der Waals surface area contributed by atoms with Crippen LogP contribution in [0.1, 0.15) is 80.3 Å². The maximum absolute atomic E-state index is 13.1. The maximum Gasteiger partial charge on any atom is 0.336 e. The summed E-state index contributed by atoms with van der Waals surface area (Å²) in [6.45, 7) is 6.27. The zero-order valence-corrected chi connectivity index (χ0v) is 16.5. The maximum atomic E-state index is 13.1. The van der Waals surface area contributed by atoms with E-state index in [0.717, 1.165) is 55.0 Å². The van der Waals surface area contributed by atoms with Crippen molar-refractivity contribution in [2.75, 3.05) is 0 Å². The molecule has 1 fully saturated rings. The molecule has 1 spiro atoms. The minimum absolute atomic E-state index is 0.156. The first-order valence-corrected chi connectivity index (χ1v) is 10.2. The van der Waals surface area contributed by atoms with Crippen molar-refractivity contribution in [1.82, 2.24) is 0 Å². The monoisotopic (exact) mass is 368 g/mol. The lowest BCUT2D eigenvalue weighted by Crippen LogP contribution is -2.45. The standard InChI is InChI=1S/C23H28O4/c1-4-5-8-16-10-20(25)26-21-15(3)22-18(11-17(16)21)19(24)13-23(27-22)9-6-7-14(2)12-23/h10-11,14H,4-9,12-13H2,1-3H3/t14-,23-/m1/s1. The molecule has 0 bridgehead atoms. The van der Waals surface area contributed by atoms with Crippen LogP contribution in [0.2, 0.25) is 0 Å². The molecule has 1 aromatic carbocycles. The van der Waals surface area contributed by atoms with Gasteiger partial charge in [0.25, 0.3) is 0 Å². The number of aryl methyl sites for hydroxylation is 2. The van der Waals surface area contributed by atoms with E-state index in [-0.39, 0.29) is 17.0 Å². The molecule has 0 unspecified atom stereocenters. The third-order valence-electron chi connectivity index (χ3n) is 6.25. The number of ether oxygens (including phenoxy) is 1. The molecule has 1 saturated carbocycles. The molecule has 1 aliphatic carbocycles. The highest BCUT2D eigenvalue weighted by Gasteiger charge is 2.44. The lowest BCUT2D eigenvalue weighted by Gasteiger charge is -2.43. The Hall–Kier alpha value is -2.10. The third-order valence-corrected chi connectivity index (χ3v) is 6.25. The molecule has 4 heteroatoms. The van der Waals surface area contributed by atoms with Crippen molar-refractivity contribution in [1.29, 1.82) is 0 Å². The third kappa shape index (κ3) is 3.19. The van der Waals surface area contributed by atoms with E-state index >= 15 is 0 Å². The molecule has 1 aliphatic heterocycles. The number of ketones is 1. The molecule has 4 rings (SSSR count). The summed E-state index contributed by atoms with van der Waals surface area (Å²) in [5.74, 6) is 1.35. The summed E-state index contributed by atoms with van der Waals surface area (Å²) in [7, 11) is 0. The number of unbranched alkanes of at least 4 members (excludes halogenated alkanes) is 1. The second kappa shape index (κ2) is 6.81. The Balaban J connectivity index is 1.86. The molecule has 2 aromatic rings. The molecule has 0 radical (unpaired) electrons. The Morgan fingerprint density at radius 3 is 2.81 bits per heavy atom. The quantitative estimate of drug-likeness (QED) is 0.685. The molecule has 0 N–H and O–H groups in total. The number of carbonyl (C=O) groups excluding carboxylic acids is 1. The molecule has 0 amide bonds. The minimum Gasteiger partial charge on any atom is -0.486 e. The van der Waals surface area contributed by atoms with Gasteiger partial charge >= 0.3 is 5.63 Å². The van der Waals surface area contributed by atoms with Crippen LogP contribution in [0, 0.1) is 12.8 Å². The van der Waals surface area contributed by atoms with Crippen LogP contribution in [-0.4, -0.2) is 11.4 Å². The molecule has 2 aliphatic rings. The highest BCUT2D eigenvalue weighted by molar-refractivity contribution is 6.05. The van der Waals surface area contributed by atoms with Crippen LogP contribution in [0.5, 0.6) is 5.75 Å². The topological polar surface area (TPSA) is 56.5 Å². The van der Waals surface area contributed by atoms with Gasteiger partial charge in [0, 0.05) is 17.0 Å². The summed E-state index contributed by atoms with van der Waals surface area (Å²) in [4.78, 5) is 25.2. The lowest BCUT2D eigenvalue weighted by molar-refractivity contribution is -0.00127. The zero-order chi connectivity index (χ0) is 19.2. The van der Waals surface area contributed by atoms with E-state index in [4.69, 9.17) is 9.15 Å². The van der Waals surface area contributed by atoms with Crippen LogP contribution in [0.4, 0.5) is 0 Å². The largest absolute Gasteiger partial charge is 0.486 e. The zero-order valence-electron chi connectivity index (χ0n) is 16.5. The first-order chi connectivity index (χ1) is 12.9. The van der Waals surface area contributed by atoms with Crippen LogP contribution in [-0.2, 0) is 6.42 Å². The Morgan fingerprint density at radius 1 is 1.26 bits per heavy atom. The van der Waals surface area contributed by atoms with Crippen molar-refractivity contribution < 1.29 is 13.9 Å². The van der Waals surface area contributed by atoms with Crippen LogP contribution in [0.25, 0.3) is 11.0 Å². The van der Waals surface area contributed by atoms with Gasteiger partial charge in [0.05, 0.1) is 12.0 Å². The van der Waals surface area contributed by atoms with E-state index in [9.17, 15) is 9.59 Å². The molecule has 144 valence electrons. The number of benzene rings is 1. The van der Waals surface area contributed by atoms with Crippen molar-refractivity contribution in [3.63, 3.8) is 0 Å². The predicted molar refractivity (Wildman–Crippen MR) is 106 cm³/mol. The van der Waals surface area contributed by atoms with Crippen LogP contribution in [0.15, 0.2) is 21.3 Å². The van der Waals surface area contributed by atoms with Gasteiger partial charge in [-0.25, -0.2) is 4.79 Å². The molecule has 2 heterocycles. The van der Waals surface area contributed by atoms with E-state index in [1.807, 2.05) is 13.0 Å². The van der Waals surface area contributed by atoms with Crippen LogP contribution < -0.4 is 10.4 Å². The molecular formula is C23H28O4. The van der Waals surface area contributed by atoms with Crippen LogP contribution >= 0.6 is 0 Å². The van der Waals surface area contributed by atoms with Crippen molar-refractivity contribution in [2.24, 2.45) is 5.92 Å². The van der Waals surface area contributed by atoms with Crippen molar-refractivity contribution in [2.45, 2.75) is 77.7 Å². The van der Waals surface area contributed by atoms with Gasteiger partial charge in [-0.15, -0.1) is 0 Å². The summed E-state index contributed by atoms with van der Waals surface area (Å²) < 4.78 is 12.1. The summed E-state index contributed by atoms with van der Waals surface area (Å²) in [6.07, 6.45) is 7.43. The van der Waals surface area contributed by atoms with Crippen molar-refractivity contribution in [3.8, 4) is 5.75 Å². The first-order valence-electron chi connectivity index (χ1n) is 10.2. The SMILES string of the molecule is CCCCc1cc(=O)oc2c(C)c3c(cc12)C(=O)C[C@]1(CCC[C@@H](C)C1)O3. The molecule has 2 atom stereocenters. The lowest BCUT2D eigenvalue weighted by atomic mass is 9.74. The number of rotatable bonds is 3. The number of carbonyl (C=O) groups is 1. The van der Waals surface area contributed by atoms with Gasteiger partial charge in [0.15, 0.2) is 5.78 Å². The van der Waals surface area contributed by atoms with E-state index in [2.05, 4.69) is 13.8 Å². The Labute approximate surface area is 159 Å². The second-order valence-corrected chi connectivity index (χ2v) is 8.54. The average Bonchev–Trinajstić information content (AvgIpc) is 2.61. The molecule has 4 nitrogen and oxygen atoms in total. The van der Waals surface area contributed by atoms with Gasteiger partial charge in [0.1, 0.15) is 16.9 Å². The highest BCUT2D eigenvalue weighted by atomic mass is 16.5. The van der Waals surface area contributed by atoms with Gasteiger partial charge in [-0.2, -0.15) is 0 Å². The van der Waals surface area contributed by atoms with Crippen molar-refractivity contribution in [3.05, 3.63) is 39.2 Å². The Morgan fingerprint density at radius 2 is 2.07 bits per heavy atom. The van der Waals surface area contributed by atoms with Gasteiger partial charge in [-0.05, 0) is 56.6 Å². The van der Waals surface area contributed by atoms with Gasteiger partial charge in [-0.1, -0.05) is 26.7 Å². The van der Waals surface area contributed by atoms with Gasteiger partial charge in [-0.3, -0.25) is 4.79 Å². The normalized spacial score (nSPS) is 24.9. The van der Waals surface area contributed by atoms with Crippen LogP contribution in [0.3, 0.4) is 0 Å². The highest BCUT2D eigenvalue weighted by Crippen LogP contribution is 2.46. The van der Waals surface area contributed by atoms with Gasteiger partial charge < -0.3 is 9.15 Å². The molecule has 1 aromatic heterocycles. The molecule has 0 saturated heterocycles. The summed E-state index contributed by atoms with van der Waals surface area (Å²) >= 11 is 0. The second-order valence-electron chi connectivity index (χ2n) is 8.54. The first kappa shape index (κ1) is 18.3. The fourth-order valence-electron chi connectivity index (χ4n) is 4.92. The minimum atomic E-state index is -0.389. The summed E-state index contributed by atoms with van der Waals surface area (Å²) in [5, 5.41) is 0.879. The van der Waals surface area contributed by atoms with E-state index < -0.39 is 0 Å². The van der Waals surface area contributed by atoms with Gasteiger partial charge in [0.2, 0.25) is 0 Å². The molecule has 27 heavy (non-hydrogen) atoms. The molecular weight excluding hydrogens is 340 g/mol. The number of fused-ring (bicyclic) bond motifs is 2. The Kier molecular flexibility index (Phi) is 4.61. The Bertz CT molecular complexity index is 955. The van der Waals surface area contributed by atoms with E-state index in [0.29, 0.717) is 29.2 Å². The number of hydrogen-bond acceptors (Lipinski definition) is 4. The van der Waals surface area contributed by atoms with Crippen molar-refractivity contribution >= 4 is 16.8 Å². The average molecular weight is 368 g/mol. The fourth-order valence-corrected chi connectivity index (χ4v) is 4.92. The fraction of sp³-hybridized carbons (Fsp3) is 0.565.